The van der Waals surface area contributed by atoms with Crippen LogP contribution < -0.4 is 0 Å². The molecule has 0 saturated heterocycles. The van der Waals surface area contributed by atoms with E-state index in [-0.39, 0.29) is 18.0 Å². The molecule has 16 heavy (non-hydrogen) atoms. The summed E-state index contributed by atoms with van der Waals surface area (Å²) in [5, 5.41) is 8.82. The summed E-state index contributed by atoms with van der Waals surface area (Å²) < 4.78 is 0. The molecule has 0 unspecified atom stereocenters. The van der Waals surface area contributed by atoms with E-state index in [9.17, 15) is 9.59 Å². The topological polar surface area (TPSA) is 57.9 Å². The van der Waals surface area contributed by atoms with Gasteiger partial charge in [-0.1, -0.05) is 25.1 Å². The van der Waals surface area contributed by atoms with Crippen LogP contribution in [-0.2, 0) is 4.79 Å². The molecule has 0 radical (unpaired) electrons. The fourth-order valence-electron chi connectivity index (χ4n) is 1.47. The van der Waals surface area contributed by atoms with Crippen molar-refractivity contribution in [3.63, 3.8) is 0 Å². The van der Waals surface area contributed by atoms with Gasteiger partial charge in [0.05, 0.1) is 18.1 Å². The Morgan fingerprint density at radius 1 is 1.31 bits per heavy atom. The highest BCUT2D eigenvalue weighted by molar-refractivity contribution is 6.09. The average Bonchev–Trinajstić information content (AvgIpc) is 2.29. The maximum Gasteiger partial charge on any atom is 0.171 e. The Labute approximate surface area is 94.7 Å². The Balaban J connectivity index is 2.81. The first-order chi connectivity index (χ1) is 7.69. The van der Waals surface area contributed by atoms with Gasteiger partial charge in [0, 0.05) is 12.0 Å². The first kappa shape index (κ1) is 12.1. The zero-order valence-corrected chi connectivity index (χ0v) is 9.19. The van der Waals surface area contributed by atoms with Crippen molar-refractivity contribution in [2.45, 2.75) is 26.2 Å². The summed E-state index contributed by atoms with van der Waals surface area (Å²) in [7, 11) is 0. The van der Waals surface area contributed by atoms with E-state index in [2.05, 4.69) is 0 Å². The van der Waals surface area contributed by atoms with Crippen molar-refractivity contribution in [1.82, 2.24) is 0 Å². The average molecular weight is 215 g/mol. The number of hydrogen-bond donors (Lipinski definition) is 0. The highest BCUT2D eigenvalue weighted by Crippen LogP contribution is 2.11. The third kappa shape index (κ3) is 3.03. The standard InChI is InChI=1S/C13H13NO2/c1-2-5-11(15)8-13(16)12-7-4-3-6-10(12)9-14/h3-4,6-7H,2,5,8H2,1H3. The summed E-state index contributed by atoms with van der Waals surface area (Å²) in [6, 6.07) is 8.50. The minimum Gasteiger partial charge on any atom is -0.299 e. The third-order valence-corrected chi connectivity index (χ3v) is 2.23. The molecule has 0 fully saturated rings. The number of rotatable bonds is 5. The third-order valence-electron chi connectivity index (χ3n) is 2.23. The number of hydrogen-bond acceptors (Lipinski definition) is 3. The van der Waals surface area contributed by atoms with Crippen LogP contribution in [0, 0.1) is 11.3 Å². The van der Waals surface area contributed by atoms with Crippen molar-refractivity contribution in [3.05, 3.63) is 35.4 Å². The number of benzene rings is 1. The van der Waals surface area contributed by atoms with Gasteiger partial charge in [0.15, 0.2) is 5.78 Å². The summed E-state index contributed by atoms with van der Waals surface area (Å²) in [6.45, 7) is 1.89. The van der Waals surface area contributed by atoms with Gasteiger partial charge in [0.2, 0.25) is 0 Å². The lowest BCUT2D eigenvalue weighted by Gasteiger charge is -2.01. The van der Waals surface area contributed by atoms with E-state index in [1.807, 2.05) is 13.0 Å². The smallest absolute Gasteiger partial charge is 0.171 e. The van der Waals surface area contributed by atoms with Crippen LogP contribution in [0.1, 0.15) is 42.1 Å². The summed E-state index contributed by atoms with van der Waals surface area (Å²) in [6.07, 6.45) is 1.05. The highest BCUT2D eigenvalue weighted by Gasteiger charge is 2.14. The lowest BCUT2D eigenvalue weighted by molar-refractivity contribution is -0.118. The van der Waals surface area contributed by atoms with Crippen LogP contribution in [0.3, 0.4) is 0 Å². The second-order valence-corrected chi connectivity index (χ2v) is 3.55. The number of nitrogens with zero attached hydrogens (tertiary/aromatic N) is 1. The van der Waals surface area contributed by atoms with Crippen LogP contribution in [0.5, 0.6) is 0 Å². The second-order valence-electron chi connectivity index (χ2n) is 3.55. The van der Waals surface area contributed by atoms with Crippen LogP contribution in [0.25, 0.3) is 0 Å². The van der Waals surface area contributed by atoms with E-state index < -0.39 is 0 Å². The molecule has 82 valence electrons. The van der Waals surface area contributed by atoms with E-state index >= 15 is 0 Å². The van der Waals surface area contributed by atoms with Crippen molar-refractivity contribution in [1.29, 1.82) is 5.26 Å². The van der Waals surface area contributed by atoms with E-state index in [4.69, 9.17) is 5.26 Å². The first-order valence-corrected chi connectivity index (χ1v) is 5.23. The Hall–Kier alpha value is -1.95. The van der Waals surface area contributed by atoms with Gasteiger partial charge in [0.1, 0.15) is 5.78 Å². The summed E-state index contributed by atoms with van der Waals surface area (Å²) in [5.74, 6) is -0.337. The van der Waals surface area contributed by atoms with Crippen molar-refractivity contribution in [3.8, 4) is 6.07 Å². The summed E-state index contributed by atoms with van der Waals surface area (Å²) in [5.41, 5.74) is 0.672. The van der Waals surface area contributed by atoms with Gasteiger partial charge < -0.3 is 0 Å². The van der Waals surface area contributed by atoms with Gasteiger partial charge in [-0.25, -0.2) is 0 Å². The molecule has 3 heteroatoms. The molecule has 3 nitrogen and oxygen atoms in total. The Bertz CT molecular complexity index is 443. The molecule has 0 aliphatic carbocycles. The van der Waals surface area contributed by atoms with Gasteiger partial charge in [-0.05, 0) is 12.5 Å². The predicted octanol–water partition coefficient (Wildman–Crippen LogP) is 2.50. The number of ketones is 2. The zero-order valence-electron chi connectivity index (χ0n) is 9.19. The number of carbonyl (C=O) groups is 2. The lowest BCUT2D eigenvalue weighted by atomic mass is 10.00. The van der Waals surface area contributed by atoms with Crippen LogP contribution >= 0.6 is 0 Å². The molecule has 0 amide bonds. The van der Waals surface area contributed by atoms with Gasteiger partial charge in [-0.3, -0.25) is 9.59 Å². The van der Waals surface area contributed by atoms with Crippen molar-refractivity contribution < 1.29 is 9.59 Å². The summed E-state index contributed by atoms with van der Waals surface area (Å²) in [4.78, 5) is 23.1. The highest BCUT2D eigenvalue weighted by atomic mass is 16.1. The molecule has 0 bridgehead atoms. The molecule has 0 spiro atoms. The molecule has 1 aromatic rings. The normalized spacial score (nSPS) is 9.50. The quantitative estimate of drug-likeness (QED) is 0.560. The van der Waals surface area contributed by atoms with E-state index in [1.54, 1.807) is 24.3 Å². The maximum atomic E-state index is 11.7. The molecule has 0 saturated carbocycles. The minimum atomic E-state index is -0.268. The van der Waals surface area contributed by atoms with Crippen LogP contribution in [-0.4, -0.2) is 11.6 Å². The first-order valence-electron chi connectivity index (χ1n) is 5.23. The lowest BCUT2D eigenvalue weighted by Crippen LogP contribution is -2.09. The molecule has 0 atom stereocenters. The molecule has 0 heterocycles. The minimum absolute atomic E-state index is 0.0692. The van der Waals surface area contributed by atoms with Gasteiger partial charge >= 0.3 is 0 Å². The number of nitriles is 1. The number of Topliss-reactive ketones (excluding diaryl/α,β-unsaturated/α-hetero) is 2. The largest absolute Gasteiger partial charge is 0.299 e. The molecule has 1 rings (SSSR count). The fraction of sp³-hybridized carbons (Fsp3) is 0.308. The molecule has 0 N–H and O–H groups in total. The maximum absolute atomic E-state index is 11.7. The van der Waals surface area contributed by atoms with Gasteiger partial charge in [-0.2, -0.15) is 5.26 Å². The van der Waals surface area contributed by atoms with Gasteiger partial charge in [0.25, 0.3) is 0 Å². The van der Waals surface area contributed by atoms with Crippen LogP contribution in [0.2, 0.25) is 0 Å². The molecule has 0 aromatic heterocycles. The van der Waals surface area contributed by atoms with Crippen molar-refractivity contribution in [2.24, 2.45) is 0 Å². The molecular weight excluding hydrogens is 202 g/mol. The molecular formula is C13H13NO2. The van der Waals surface area contributed by atoms with Crippen molar-refractivity contribution in [2.75, 3.05) is 0 Å². The summed E-state index contributed by atoms with van der Waals surface area (Å²) >= 11 is 0. The Morgan fingerprint density at radius 2 is 2.00 bits per heavy atom. The van der Waals surface area contributed by atoms with E-state index in [1.165, 1.54) is 0 Å². The second kappa shape index (κ2) is 5.82. The SMILES string of the molecule is CCCC(=O)CC(=O)c1ccccc1C#N. The molecule has 0 aliphatic rings. The van der Waals surface area contributed by atoms with Gasteiger partial charge in [-0.15, -0.1) is 0 Å². The molecule has 1 aromatic carbocycles. The monoisotopic (exact) mass is 215 g/mol. The number of carbonyl (C=O) groups excluding carboxylic acids is 2. The van der Waals surface area contributed by atoms with Crippen molar-refractivity contribution >= 4 is 11.6 Å². The van der Waals surface area contributed by atoms with Crippen LogP contribution in [0.15, 0.2) is 24.3 Å². The van der Waals surface area contributed by atoms with E-state index in [0.717, 1.165) is 6.42 Å². The Kier molecular flexibility index (Phi) is 4.41. The molecule has 0 aliphatic heterocycles. The fourth-order valence-corrected chi connectivity index (χ4v) is 1.47. The van der Waals surface area contributed by atoms with Crippen LogP contribution in [0.4, 0.5) is 0 Å². The zero-order chi connectivity index (χ0) is 12.0. The Morgan fingerprint density at radius 3 is 2.62 bits per heavy atom. The van der Waals surface area contributed by atoms with E-state index in [0.29, 0.717) is 17.5 Å². The predicted molar refractivity (Wildman–Crippen MR) is 60.0 cm³/mol.